The number of morpholine rings is 1. The van der Waals surface area contributed by atoms with Crippen molar-refractivity contribution < 1.29 is 9.53 Å². The van der Waals surface area contributed by atoms with Crippen molar-refractivity contribution in [3.63, 3.8) is 0 Å². The second-order valence-electron chi connectivity index (χ2n) is 5.16. The number of hydrogen-bond acceptors (Lipinski definition) is 4. The molecule has 0 spiro atoms. The quantitative estimate of drug-likeness (QED) is 0.598. The molecule has 0 aliphatic carbocycles. The molecule has 7 heteroatoms. The summed E-state index contributed by atoms with van der Waals surface area (Å²) in [6, 6.07) is 5.77. The molecule has 1 aromatic rings. The molecule has 2 heterocycles. The van der Waals surface area contributed by atoms with Gasteiger partial charge in [-0.3, -0.25) is 9.78 Å². The summed E-state index contributed by atoms with van der Waals surface area (Å²) in [5, 5.41) is 0. The van der Waals surface area contributed by atoms with Gasteiger partial charge in [-0.05, 0) is 12.1 Å². The molecule has 1 saturated heterocycles. The summed E-state index contributed by atoms with van der Waals surface area (Å²) < 4.78 is 5.25. The maximum Gasteiger partial charge on any atom is 0.244 e. The maximum atomic E-state index is 12.1. The molecule has 2 N–H and O–H groups in total. The van der Waals surface area contributed by atoms with Crippen LogP contribution < -0.4 is 5.73 Å². The van der Waals surface area contributed by atoms with Crippen LogP contribution in [0.3, 0.4) is 0 Å². The average Bonchev–Trinajstić information content (AvgIpc) is 2.58. The van der Waals surface area contributed by atoms with Gasteiger partial charge in [0, 0.05) is 45.0 Å². The van der Waals surface area contributed by atoms with Crippen molar-refractivity contribution in [3.05, 3.63) is 30.1 Å². The number of nitrogens with two attached hydrogens (primary N) is 1. The SMILES string of the molecule is CN(CCc1ccccn1)C(=O)CN=C(N)N1CCOCC1. The van der Waals surface area contributed by atoms with Crippen LogP contribution in [0.1, 0.15) is 5.69 Å². The van der Waals surface area contributed by atoms with Crippen LogP contribution >= 0.6 is 0 Å². The first kappa shape index (κ1) is 16.2. The number of aromatic nitrogens is 1. The van der Waals surface area contributed by atoms with Crippen molar-refractivity contribution in [1.82, 2.24) is 14.8 Å². The molecule has 0 unspecified atom stereocenters. The molecule has 0 atom stereocenters. The Balaban J connectivity index is 1.75. The average molecular weight is 305 g/mol. The van der Waals surface area contributed by atoms with E-state index >= 15 is 0 Å². The molecular formula is C15H23N5O2. The Hall–Kier alpha value is -2.15. The predicted molar refractivity (Wildman–Crippen MR) is 84.5 cm³/mol. The fourth-order valence-electron chi connectivity index (χ4n) is 2.11. The van der Waals surface area contributed by atoms with E-state index < -0.39 is 0 Å². The molecule has 1 fully saturated rings. The lowest BCUT2D eigenvalue weighted by atomic mass is 10.2. The Labute approximate surface area is 130 Å². The Morgan fingerprint density at radius 1 is 1.45 bits per heavy atom. The third-order valence-electron chi connectivity index (χ3n) is 3.57. The van der Waals surface area contributed by atoms with Crippen molar-refractivity contribution in [2.75, 3.05) is 46.4 Å². The molecule has 0 saturated carbocycles. The van der Waals surface area contributed by atoms with Crippen molar-refractivity contribution in [2.45, 2.75) is 6.42 Å². The van der Waals surface area contributed by atoms with Crippen LogP contribution in [-0.2, 0) is 16.0 Å². The van der Waals surface area contributed by atoms with Gasteiger partial charge >= 0.3 is 0 Å². The van der Waals surface area contributed by atoms with Crippen LogP contribution in [0, 0.1) is 0 Å². The minimum Gasteiger partial charge on any atom is -0.378 e. The number of ether oxygens (including phenoxy) is 1. The van der Waals surface area contributed by atoms with Gasteiger partial charge < -0.3 is 20.3 Å². The first-order valence-electron chi connectivity index (χ1n) is 7.43. The summed E-state index contributed by atoms with van der Waals surface area (Å²) in [4.78, 5) is 24.1. The summed E-state index contributed by atoms with van der Waals surface area (Å²) in [5.41, 5.74) is 6.87. The first-order chi connectivity index (χ1) is 10.7. The summed E-state index contributed by atoms with van der Waals surface area (Å²) >= 11 is 0. The molecule has 120 valence electrons. The third kappa shape index (κ3) is 5.00. The van der Waals surface area contributed by atoms with Crippen LogP contribution in [0.15, 0.2) is 29.4 Å². The lowest BCUT2D eigenvalue weighted by molar-refractivity contribution is -0.128. The fourth-order valence-corrected chi connectivity index (χ4v) is 2.11. The van der Waals surface area contributed by atoms with Gasteiger partial charge in [0.15, 0.2) is 5.96 Å². The minimum absolute atomic E-state index is 0.0489. The lowest BCUT2D eigenvalue weighted by Crippen LogP contribution is -2.45. The molecule has 0 aromatic carbocycles. The van der Waals surface area contributed by atoms with Gasteiger partial charge in [0.05, 0.1) is 13.2 Å². The van der Waals surface area contributed by atoms with E-state index in [9.17, 15) is 4.79 Å². The first-order valence-corrected chi connectivity index (χ1v) is 7.43. The zero-order valence-corrected chi connectivity index (χ0v) is 12.9. The molecule has 22 heavy (non-hydrogen) atoms. The summed E-state index contributed by atoms with van der Waals surface area (Å²) in [6.45, 7) is 3.42. The van der Waals surface area contributed by atoms with Gasteiger partial charge in [0.25, 0.3) is 0 Å². The van der Waals surface area contributed by atoms with Gasteiger partial charge in [-0.15, -0.1) is 0 Å². The van der Waals surface area contributed by atoms with Crippen LogP contribution in [0.5, 0.6) is 0 Å². The number of rotatable bonds is 5. The Morgan fingerprint density at radius 2 is 2.23 bits per heavy atom. The number of amides is 1. The third-order valence-corrected chi connectivity index (χ3v) is 3.57. The van der Waals surface area contributed by atoms with E-state index in [-0.39, 0.29) is 12.5 Å². The van der Waals surface area contributed by atoms with E-state index in [4.69, 9.17) is 10.5 Å². The topological polar surface area (TPSA) is 84.0 Å². The van der Waals surface area contributed by atoms with Crippen molar-refractivity contribution in [3.8, 4) is 0 Å². The number of aliphatic imine (C=N–C) groups is 1. The molecule has 0 radical (unpaired) electrons. The number of likely N-dealkylation sites (N-methyl/N-ethyl adjacent to an activating group) is 1. The van der Waals surface area contributed by atoms with E-state index in [1.54, 1.807) is 18.1 Å². The van der Waals surface area contributed by atoms with E-state index in [1.807, 2.05) is 23.1 Å². The molecule has 1 aromatic heterocycles. The van der Waals surface area contributed by atoms with Gasteiger partial charge in [0.1, 0.15) is 6.54 Å². The van der Waals surface area contributed by atoms with Crippen LogP contribution in [0.4, 0.5) is 0 Å². The monoisotopic (exact) mass is 305 g/mol. The highest BCUT2D eigenvalue weighted by molar-refractivity contribution is 5.84. The van der Waals surface area contributed by atoms with Gasteiger partial charge in [0.2, 0.25) is 5.91 Å². The summed E-state index contributed by atoms with van der Waals surface area (Å²) in [6.07, 6.45) is 2.48. The van der Waals surface area contributed by atoms with Crippen molar-refractivity contribution in [1.29, 1.82) is 0 Å². The van der Waals surface area contributed by atoms with Crippen LogP contribution in [0.2, 0.25) is 0 Å². The van der Waals surface area contributed by atoms with E-state index in [0.717, 1.165) is 25.2 Å². The van der Waals surface area contributed by atoms with Crippen molar-refractivity contribution in [2.24, 2.45) is 10.7 Å². The number of guanidine groups is 1. The second-order valence-corrected chi connectivity index (χ2v) is 5.16. The normalized spacial score (nSPS) is 15.7. The highest BCUT2D eigenvalue weighted by atomic mass is 16.5. The van der Waals surface area contributed by atoms with E-state index in [0.29, 0.717) is 25.7 Å². The Bertz CT molecular complexity index is 500. The van der Waals surface area contributed by atoms with Crippen molar-refractivity contribution >= 4 is 11.9 Å². The smallest absolute Gasteiger partial charge is 0.244 e. The van der Waals surface area contributed by atoms with Crippen LogP contribution in [-0.4, -0.2) is 73.1 Å². The zero-order valence-electron chi connectivity index (χ0n) is 12.9. The summed E-state index contributed by atoms with van der Waals surface area (Å²) in [7, 11) is 1.77. The number of pyridine rings is 1. The van der Waals surface area contributed by atoms with Crippen LogP contribution in [0.25, 0.3) is 0 Å². The lowest BCUT2D eigenvalue weighted by Gasteiger charge is -2.27. The van der Waals surface area contributed by atoms with E-state index in [2.05, 4.69) is 9.98 Å². The second kappa shape index (κ2) is 8.33. The molecule has 7 nitrogen and oxygen atoms in total. The zero-order chi connectivity index (χ0) is 15.8. The van der Waals surface area contributed by atoms with Gasteiger partial charge in [-0.25, -0.2) is 4.99 Å². The molecular weight excluding hydrogens is 282 g/mol. The highest BCUT2D eigenvalue weighted by Gasteiger charge is 2.13. The standard InChI is InChI=1S/C15H23N5O2/c1-19(7-5-13-4-2-3-6-17-13)14(21)12-18-15(16)20-8-10-22-11-9-20/h2-4,6H,5,7-12H2,1H3,(H2,16,18). The Morgan fingerprint density at radius 3 is 2.91 bits per heavy atom. The molecule has 1 amide bonds. The molecule has 2 rings (SSSR count). The minimum atomic E-state index is -0.0489. The number of nitrogens with zero attached hydrogens (tertiary/aromatic N) is 4. The molecule has 1 aliphatic heterocycles. The molecule has 0 bridgehead atoms. The van der Waals surface area contributed by atoms with Gasteiger partial charge in [-0.1, -0.05) is 6.07 Å². The largest absolute Gasteiger partial charge is 0.378 e. The summed E-state index contributed by atoms with van der Waals surface area (Å²) in [5.74, 6) is 0.363. The van der Waals surface area contributed by atoms with Gasteiger partial charge in [-0.2, -0.15) is 0 Å². The number of carbonyl (C=O) groups excluding carboxylic acids is 1. The maximum absolute atomic E-state index is 12.1. The highest BCUT2D eigenvalue weighted by Crippen LogP contribution is 1.99. The predicted octanol–water partition coefficient (Wildman–Crippen LogP) is -0.271. The number of carbonyl (C=O) groups is 1. The van der Waals surface area contributed by atoms with E-state index in [1.165, 1.54) is 0 Å². The number of hydrogen-bond donors (Lipinski definition) is 1. The Kier molecular flexibility index (Phi) is 6.14. The fraction of sp³-hybridized carbons (Fsp3) is 0.533. The molecule has 1 aliphatic rings.